The minimum Gasteiger partial charge on any atom is -0.497 e. The quantitative estimate of drug-likeness (QED) is 0.704. The maximum atomic E-state index is 12.0. The number of aromatic nitrogens is 3. The van der Waals surface area contributed by atoms with Crippen LogP contribution < -0.4 is 15.4 Å². The predicted octanol–water partition coefficient (Wildman–Crippen LogP) is 1.12. The summed E-state index contributed by atoms with van der Waals surface area (Å²) in [4.78, 5) is 28.1. The van der Waals surface area contributed by atoms with Gasteiger partial charge < -0.3 is 15.4 Å². The third kappa shape index (κ3) is 4.80. The van der Waals surface area contributed by atoms with E-state index in [2.05, 4.69) is 25.8 Å². The fraction of sp³-hybridized carbons (Fsp3) is 0.375. The molecule has 128 valence electrons. The Kier molecular flexibility index (Phi) is 5.89. The zero-order chi connectivity index (χ0) is 17.5. The highest BCUT2D eigenvalue weighted by atomic mass is 16.5. The normalized spacial score (nSPS) is 11.6. The number of carbonyl (C=O) groups is 2. The van der Waals surface area contributed by atoms with E-state index in [9.17, 15) is 9.59 Å². The standard InChI is InChI=1S/C16H21N5O3/c1-10(15-19-11(2)20-21-15)18-14(22)7-8-17-16(23)12-5-4-6-13(9-12)24-3/h4-6,9-10H,7-8H2,1-3H3,(H,17,23)(H,18,22)(H,19,20,21)/t10-/m1/s1. The SMILES string of the molecule is COc1cccc(C(=O)NCCC(=O)N[C@H](C)c2n[nH]c(C)n2)c1. The first-order chi connectivity index (χ1) is 11.5. The van der Waals surface area contributed by atoms with Gasteiger partial charge in [-0.2, -0.15) is 5.10 Å². The Morgan fingerprint density at radius 2 is 2.17 bits per heavy atom. The van der Waals surface area contributed by atoms with Crippen molar-refractivity contribution in [3.63, 3.8) is 0 Å². The molecule has 0 fully saturated rings. The largest absolute Gasteiger partial charge is 0.497 e. The van der Waals surface area contributed by atoms with Gasteiger partial charge >= 0.3 is 0 Å². The number of carbonyl (C=O) groups excluding carboxylic acids is 2. The first-order valence-electron chi connectivity index (χ1n) is 7.60. The average molecular weight is 331 g/mol. The van der Waals surface area contributed by atoms with Crippen LogP contribution in [0, 0.1) is 6.92 Å². The number of methoxy groups -OCH3 is 1. The Hall–Kier alpha value is -2.90. The molecule has 3 N–H and O–H groups in total. The van der Waals surface area contributed by atoms with Crippen LogP contribution in [0.15, 0.2) is 24.3 Å². The van der Waals surface area contributed by atoms with Crippen LogP contribution in [0.2, 0.25) is 0 Å². The van der Waals surface area contributed by atoms with Crippen LogP contribution in [0.25, 0.3) is 0 Å². The topological polar surface area (TPSA) is 109 Å². The lowest BCUT2D eigenvalue weighted by Crippen LogP contribution is -2.32. The summed E-state index contributed by atoms with van der Waals surface area (Å²) < 4.78 is 5.08. The molecular formula is C16H21N5O3. The summed E-state index contributed by atoms with van der Waals surface area (Å²) in [6.07, 6.45) is 0.170. The van der Waals surface area contributed by atoms with Crippen molar-refractivity contribution in [2.24, 2.45) is 0 Å². The highest BCUT2D eigenvalue weighted by Gasteiger charge is 2.14. The van der Waals surface area contributed by atoms with Crippen LogP contribution in [0.3, 0.4) is 0 Å². The minimum atomic E-state index is -0.295. The molecule has 24 heavy (non-hydrogen) atoms. The molecule has 2 amide bonds. The molecule has 0 spiro atoms. The van der Waals surface area contributed by atoms with Crippen LogP contribution >= 0.6 is 0 Å². The molecule has 0 aliphatic rings. The molecular weight excluding hydrogens is 310 g/mol. The van der Waals surface area contributed by atoms with Crippen LogP contribution in [0.1, 0.15) is 41.4 Å². The Bertz CT molecular complexity index is 713. The van der Waals surface area contributed by atoms with Gasteiger partial charge in [-0.05, 0) is 32.0 Å². The van der Waals surface area contributed by atoms with Crippen molar-refractivity contribution in [1.82, 2.24) is 25.8 Å². The first-order valence-corrected chi connectivity index (χ1v) is 7.60. The first kappa shape index (κ1) is 17.5. The van der Waals surface area contributed by atoms with Crippen LogP contribution in [-0.2, 0) is 4.79 Å². The van der Waals surface area contributed by atoms with E-state index in [-0.39, 0.29) is 30.8 Å². The van der Waals surface area contributed by atoms with Crippen molar-refractivity contribution < 1.29 is 14.3 Å². The number of ether oxygens (including phenoxy) is 1. The van der Waals surface area contributed by atoms with E-state index >= 15 is 0 Å². The number of nitrogens with zero attached hydrogens (tertiary/aromatic N) is 2. The molecule has 0 radical (unpaired) electrons. The molecule has 0 saturated carbocycles. The second-order valence-electron chi connectivity index (χ2n) is 5.31. The fourth-order valence-corrected chi connectivity index (χ4v) is 2.09. The predicted molar refractivity (Wildman–Crippen MR) is 87.6 cm³/mol. The lowest BCUT2D eigenvalue weighted by atomic mass is 10.2. The summed E-state index contributed by atoms with van der Waals surface area (Å²) in [7, 11) is 1.54. The molecule has 2 aromatic rings. The van der Waals surface area contributed by atoms with Gasteiger partial charge in [0.15, 0.2) is 5.82 Å². The van der Waals surface area contributed by atoms with Crippen LogP contribution in [0.5, 0.6) is 5.75 Å². The highest BCUT2D eigenvalue weighted by molar-refractivity contribution is 5.94. The van der Waals surface area contributed by atoms with E-state index < -0.39 is 0 Å². The smallest absolute Gasteiger partial charge is 0.251 e. The van der Waals surface area contributed by atoms with E-state index in [1.165, 1.54) is 7.11 Å². The van der Waals surface area contributed by atoms with Gasteiger partial charge in [0, 0.05) is 18.5 Å². The number of aromatic amines is 1. The highest BCUT2D eigenvalue weighted by Crippen LogP contribution is 2.12. The van der Waals surface area contributed by atoms with Crippen molar-refractivity contribution in [2.75, 3.05) is 13.7 Å². The van der Waals surface area contributed by atoms with Crippen molar-refractivity contribution in [2.45, 2.75) is 26.3 Å². The molecule has 0 aliphatic carbocycles. The van der Waals surface area contributed by atoms with Gasteiger partial charge in [-0.3, -0.25) is 14.7 Å². The van der Waals surface area contributed by atoms with Crippen molar-refractivity contribution in [1.29, 1.82) is 0 Å². The Labute approximate surface area is 140 Å². The second-order valence-corrected chi connectivity index (χ2v) is 5.31. The summed E-state index contributed by atoms with van der Waals surface area (Å²) in [6, 6.07) is 6.53. The summed E-state index contributed by atoms with van der Waals surface area (Å²) in [5.41, 5.74) is 0.485. The van der Waals surface area contributed by atoms with Crippen LogP contribution in [-0.4, -0.2) is 40.7 Å². The van der Waals surface area contributed by atoms with Gasteiger partial charge in [0.1, 0.15) is 11.6 Å². The van der Waals surface area contributed by atoms with Gasteiger partial charge in [-0.1, -0.05) is 6.07 Å². The number of H-pyrrole nitrogens is 1. The molecule has 0 unspecified atom stereocenters. The number of rotatable bonds is 7. The van der Waals surface area contributed by atoms with Gasteiger partial charge in [0.05, 0.1) is 13.2 Å². The maximum absolute atomic E-state index is 12.0. The van der Waals surface area contributed by atoms with E-state index in [1.54, 1.807) is 38.1 Å². The zero-order valence-corrected chi connectivity index (χ0v) is 13.9. The Balaban J connectivity index is 1.76. The second kappa shape index (κ2) is 8.09. The Morgan fingerprint density at radius 1 is 1.38 bits per heavy atom. The number of aryl methyl sites for hydroxylation is 1. The average Bonchev–Trinajstić information content (AvgIpc) is 3.01. The minimum absolute atomic E-state index is 0.170. The van der Waals surface area contributed by atoms with Crippen molar-refractivity contribution in [3.8, 4) is 5.75 Å². The lowest BCUT2D eigenvalue weighted by molar-refractivity contribution is -0.121. The van der Waals surface area contributed by atoms with E-state index in [0.29, 0.717) is 23.0 Å². The molecule has 1 aromatic carbocycles. The molecule has 8 heteroatoms. The summed E-state index contributed by atoms with van der Waals surface area (Å²) in [5.74, 6) is 1.39. The third-order valence-corrected chi connectivity index (χ3v) is 3.35. The lowest BCUT2D eigenvalue weighted by Gasteiger charge is -2.11. The molecule has 8 nitrogen and oxygen atoms in total. The fourth-order valence-electron chi connectivity index (χ4n) is 2.09. The maximum Gasteiger partial charge on any atom is 0.251 e. The molecule has 1 heterocycles. The number of nitrogens with one attached hydrogen (secondary N) is 3. The van der Waals surface area contributed by atoms with Gasteiger partial charge in [-0.15, -0.1) is 0 Å². The number of benzene rings is 1. The molecule has 0 aliphatic heterocycles. The molecule has 1 aromatic heterocycles. The number of hydrogen-bond donors (Lipinski definition) is 3. The summed E-state index contributed by atoms with van der Waals surface area (Å²) in [5, 5.41) is 12.2. The molecule has 1 atom stereocenters. The van der Waals surface area contributed by atoms with Gasteiger partial charge in [0.2, 0.25) is 5.91 Å². The van der Waals surface area contributed by atoms with E-state index in [0.717, 1.165) is 0 Å². The zero-order valence-electron chi connectivity index (χ0n) is 13.9. The van der Waals surface area contributed by atoms with Crippen molar-refractivity contribution in [3.05, 3.63) is 41.5 Å². The Morgan fingerprint density at radius 3 is 2.83 bits per heavy atom. The molecule has 2 rings (SSSR count). The van der Waals surface area contributed by atoms with Gasteiger partial charge in [0.25, 0.3) is 5.91 Å². The van der Waals surface area contributed by atoms with Crippen LogP contribution in [0.4, 0.5) is 0 Å². The monoisotopic (exact) mass is 331 g/mol. The summed E-state index contributed by atoms with van der Waals surface area (Å²) >= 11 is 0. The summed E-state index contributed by atoms with van der Waals surface area (Å²) in [6.45, 7) is 3.83. The van der Waals surface area contributed by atoms with Gasteiger partial charge in [-0.25, -0.2) is 4.98 Å². The van der Waals surface area contributed by atoms with E-state index in [1.807, 2.05) is 0 Å². The third-order valence-electron chi connectivity index (χ3n) is 3.35. The molecule has 0 saturated heterocycles. The number of hydrogen-bond acceptors (Lipinski definition) is 5. The van der Waals surface area contributed by atoms with Crippen molar-refractivity contribution >= 4 is 11.8 Å². The molecule has 0 bridgehead atoms. The number of amides is 2. The van der Waals surface area contributed by atoms with E-state index in [4.69, 9.17) is 4.74 Å².